The van der Waals surface area contributed by atoms with Crippen LogP contribution in [0.1, 0.15) is 33.3 Å². The zero-order valence-corrected chi connectivity index (χ0v) is 17.1. The van der Waals surface area contributed by atoms with Crippen LogP contribution in [0.4, 0.5) is 4.39 Å². The molecule has 154 valence electrons. The van der Waals surface area contributed by atoms with Gasteiger partial charge < -0.3 is 14.4 Å². The Bertz CT molecular complexity index is 1020. The Morgan fingerprint density at radius 1 is 1.07 bits per heavy atom. The Morgan fingerprint density at radius 2 is 1.73 bits per heavy atom. The summed E-state index contributed by atoms with van der Waals surface area (Å²) in [6.07, 6.45) is -0.185. The fourth-order valence-corrected chi connectivity index (χ4v) is 3.79. The molecule has 0 saturated heterocycles. The second-order valence-electron chi connectivity index (χ2n) is 7.79. The molecule has 30 heavy (non-hydrogen) atoms. The lowest BCUT2D eigenvalue weighted by Crippen LogP contribution is -3.11. The Kier molecular flexibility index (Phi) is 5.93. The highest BCUT2D eigenvalue weighted by molar-refractivity contribution is 5.99. The van der Waals surface area contributed by atoms with Crippen LogP contribution in [0.5, 0.6) is 5.75 Å². The van der Waals surface area contributed by atoms with Crippen LogP contribution in [-0.2, 0) is 17.8 Å². The summed E-state index contributed by atoms with van der Waals surface area (Å²) in [6.45, 7) is 0.256. The number of nitrogens with one attached hydrogen (secondary N) is 1. The maximum Gasteiger partial charge on any atom is 0.227 e. The summed E-state index contributed by atoms with van der Waals surface area (Å²) in [4.78, 5) is 14.1. The van der Waals surface area contributed by atoms with Gasteiger partial charge in [0, 0.05) is 28.7 Å². The monoisotopic (exact) mass is 406 g/mol. The third-order valence-electron chi connectivity index (χ3n) is 5.39. The minimum Gasteiger partial charge on any atom is -0.460 e. The fourth-order valence-electron chi connectivity index (χ4n) is 3.79. The zero-order chi connectivity index (χ0) is 21.1. The average Bonchev–Trinajstić information content (AvgIpc) is 2.77. The fraction of sp³-hybridized carbons (Fsp3) is 0.240. The highest BCUT2D eigenvalue weighted by Gasteiger charge is 2.31. The second-order valence-corrected chi connectivity index (χ2v) is 7.79. The van der Waals surface area contributed by atoms with E-state index in [2.05, 4.69) is 0 Å². The molecule has 0 unspecified atom stereocenters. The summed E-state index contributed by atoms with van der Waals surface area (Å²) in [6, 6.07) is 21.4. The number of hydrogen-bond donors (Lipinski definition) is 1. The van der Waals surface area contributed by atoms with Gasteiger partial charge in [0.15, 0.2) is 6.04 Å². The molecule has 4 rings (SSSR count). The molecule has 3 aromatic carbocycles. The molecule has 0 saturated carbocycles. The number of hydrogen-bond acceptors (Lipinski definition) is 3. The average molecular weight is 406 g/mol. The number of fused-ring (bicyclic) bond motifs is 1. The number of benzene rings is 3. The van der Waals surface area contributed by atoms with Crippen molar-refractivity contribution in [2.75, 3.05) is 14.1 Å². The van der Waals surface area contributed by atoms with Crippen molar-refractivity contribution in [2.24, 2.45) is 0 Å². The van der Waals surface area contributed by atoms with Gasteiger partial charge in [0.2, 0.25) is 12.1 Å². The Morgan fingerprint density at radius 3 is 2.40 bits per heavy atom. The number of ether oxygens (including phenoxy) is 2. The molecule has 1 N–H and O–H groups in total. The predicted molar refractivity (Wildman–Crippen MR) is 112 cm³/mol. The summed E-state index contributed by atoms with van der Waals surface area (Å²) in [5.74, 6) is 0.290. The van der Waals surface area contributed by atoms with Gasteiger partial charge in [0.1, 0.15) is 11.6 Å². The summed E-state index contributed by atoms with van der Waals surface area (Å²) in [5, 5.41) is 0. The van der Waals surface area contributed by atoms with Gasteiger partial charge >= 0.3 is 0 Å². The van der Waals surface area contributed by atoms with E-state index in [9.17, 15) is 9.18 Å². The van der Waals surface area contributed by atoms with Gasteiger partial charge in [-0.1, -0.05) is 60.7 Å². The van der Waals surface area contributed by atoms with E-state index in [1.165, 1.54) is 12.1 Å². The highest BCUT2D eigenvalue weighted by Crippen LogP contribution is 2.37. The number of ketones is 1. The SMILES string of the molecule is C[NH+](C)[C@H](Cc1cc(F)cc2c1O[C@@H](c1ccccc1)OC2)C(=O)c1ccccc1. The van der Waals surface area contributed by atoms with E-state index in [0.29, 0.717) is 28.9 Å². The molecular formula is C25H25FNO3+. The molecule has 0 aliphatic carbocycles. The van der Waals surface area contributed by atoms with Crippen LogP contribution < -0.4 is 9.64 Å². The first kappa shape index (κ1) is 20.3. The van der Waals surface area contributed by atoms with Gasteiger partial charge in [0.25, 0.3) is 0 Å². The van der Waals surface area contributed by atoms with Gasteiger partial charge in [-0.2, -0.15) is 0 Å². The number of rotatable bonds is 6. The highest BCUT2D eigenvalue weighted by atomic mass is 19.1. The van der Waals surface area contributed by atoms with E-state index >= 15 is 0 Å². The number of likely N-dealkylation sites (N-methyl/N-ethyl adjacent to an activating group) is 1. The van der Waals surface area contributed by atoms with Crippen LogP contribution in [0.2, 0.25) is 0 Å². The van der Waals surface area contributed by atoms with Crippen molar-refractivity contribution in [1.82, 2.24) is 0 Å². The number of carbonyl (C=O) groups is 1. The van der Waals surface area contributed by atoms with Gasteiger partial charge in [-0.05, 0) is 12.1 Å². The van der Waals surface area contributed by atoms with Crippen molar-refractivity contribution in [1.29, 1.82) is 0 Å². The molecule has 0 aromatic heterocycles. The Balaban J connectivity index is 1.65. The van der Waals surface area contributed by atoms with Crippen LogP contribution >= 0.6 is 0 Å². The molecule has 0 fully saturated rings. The topological polar surface area (TPSA) is 40.0 Å². The van der Waals surface area contributed by atoms with E-state index in [-0.39, 0.29) is 24.2 Å². The molecule has 5 heteroatoms. The van der Waals surface area contributed by atoms with E-state index in [1.807, 2.05) is 74.8 Å². The molecular weight excluding hydrogens is 381 g/mol. The largest absolute Gasteiger partial charge is 0.460 e. The molecule has 4 nitrogen and oxygen atoms in total. The molecule has 1 heterocycles. The van der Waals surface area contributed by atoms with Crippen molar-refractivity contribution < 1.29 is 23.6 Å². The van der Waals surface area contributed by atoms with E-state index in [4.69, 9.17) is 9.47 Å². The van der Waals surface area contributed by atoms with Gasteiger partial charge in [-0.3, -0.25) is 4.79 Å². The normalized spacial score (nSPS) is 16.6. The van der Waals surface area contributed by atoms with Gasteiger partial charge in [0.05, 0.1) is 20.7 Å². The first-order valence-corrected chi connectivity index (χ1v) is 10.1. The molecule has 3 aromatic rings. The van der Waals surface area contributed by atoms with Gasteiger partial charge in [-0.15, -0.1) is 0 Å². The standard InChI is InChI=1S/C25H24FNO3/c1-27(2)22(23(28)17-9-5-3-6-10-17)15-19-13-21(26)14-20-16-29-25(30-24(19)20)18-11-7-4-8-12-18/h3-14,22,25H,15-16H2,1-2H3/p+1/t22-,25+/m1/s1. The molecule has 0 amide bonds. The van der Waals surface area contributed by atoms with E-state index in [1.54, 1.807) is 0 Å². The molecule has 1 aliphatic rings. The summed E-state index contributed by atoms with van der Waals surface area (Å²) in [7, 11) is 3.88. The molecule has 0 bridgehead atoms. The maximum atomic E-state index is 14.3. The number of halogens is 1. The van der Waals surface area contributed by atoms with Crippen molar-refractivity contribution in [3.8, 4) is 5.75 Å². The number of carbonyl (C=O) groups excluding carboxylic acids is 1. The smallest absolute Gasteiger partial charge is 0.227 e. The van der Waals surface area contributed by atoms with Crippen molar-refractivity contribution in [2.45, 2.75) is 25.4 Å². The Labute approximate surface area is 175 Å². The van der Waals surface area contributed by atoms with Crippen LogP contribution in [0.15, 0.2) is 72.8 Å². The van der Waals surface area contributed by atoms with Crippen LogP contribution in [-0.4, -0.2) is 25.9 Å². The first-order chi connectivity index (χ1) is 14.5. The lowest BCUT2D eigenvalue weighted by molar-refractivity contribution is -0.874. The molecule has 0 radical (unpaired) electrons. The van der Waals surface area contributed by atoms with E-state index in [0.717, 1.165) is 10.5 Å². The summed E-state index contributed by atoms with van der Waals surface area (Å²) >= 11 is 0. The molecule has 0 spiro atoms. The Hall–Kier alpha value is -3.02. The van der Waals surface area contributed by atoms with E-state index < -0.39 is 6.29 Å². The van der Waals surface area contributed by atoms with Crippen molar-refractivity contribution >= 4 is 5.78 Å². The lowest BCUT2D eigenvalue weighted by atomic mass is 9.94. The summed E-state index contributed by atoms with van der Waals surface area (Å²) < 4.78 is 26.3. The van der Waals surface area contributed by atoms with Crippen LogP contribution in [0, 0.1) is 5.82 Å². The quantitative estimate of drug-likeness (QED) is 0.638. The van der Waals surface area contributed by atoms with Crippen molar-refractivity contribution in [3.05, 3.63) is 101 Å². The predicted octanol–water partition coefficient (Wildman–Crippen LogP) is 3.37. The van der Waals surface area contributed by atoms with Crippen LogP contribution in [0.25, 0.3) is 0 Å². The second kappa shape index (κ2) is 8.78. The molecule has 2 atom stereocenters. The number of Topliss-reactive ketones (excluding diaryl/α,β-unsaturated/α-hetero) is 1. The van der Waals surface area contributed by atoms with Crippen molar-refractivity contribution in [3.63, 3.8) is 0 Å². The number of quaternary nitrogens is 1. The van der Waals surface area contributed by atoms with Gasteiger partial charge in [-0.25, -0.2) is 4.39 Å². The lowest BCUT2D eigenvalue weighted by Gasteiger charge is -2.29. The van der Waals surface area contributed by atoms with Crippen LogP contribution in [0.3, 0.4) is 0 Å². The first-order valence-electron chi connectivity index (χ1n) is 10.1. The maximum absolute atomic E-state index is 14.3. The molecule has 1 aliphatic heterocycles. The minimum absolute atomic E-state index is 0.0280. The zero-order valence-electron chi connectivity index (χ0n) is 17.1. The third kappa shape index (κ3) is 4.27. The third-order valence-corrected chi connectivity index (χ3v) is 5.39. The summed E-state index contributed by atoms with van der Waals surface area (Å²) in [5.41, 5.74) is 2.90. The minimum atomic E-state index is -0.558.